The summed E-state index contributed by atoms with van der Waals surface area (Å²) in [5.74, 6) is -0.648. The van der Waals surface area contributed by atoms with E-state index in [2.05, 4.69) is 0 Å². The second kappa shape index (κ2) is 7.02. The van der Waals surface area contributed by atoms with Crippen LogP contribution in [0.5, 0.6) is 0 Å². The number of rotatable bonds is 5. The van der Waals surface area contributed by atoms with Crippen LogP contribution in [-0.2, 0) is 20.8 Å². The summed E-state index contributed by atoms with van der Waals surface area (Å²) in [6.07, 6.45) is -0.414. The Bertz CT molecular complexity index is 642. The van der Waals surface area contributed by atoms with Crippen molar-refractivity contribution in [3.8, 4) is 0 Å². The fourth-order valence-corrected chi connectivity index (χ4v) is 3.04. The van der Waals surface area contributed by atoms with Crippen LogP contribution in [-0.4, -0.2) is 18.5 Å². The van der Waals surface area contributed by atoms with E-state index in [4.69, 9.17) is 25.8 Å². The molecule has 3 rings (SSSR count). The van der Waals surface area contributed by atoms with Gasteiger partial charge in [0, 0.05) is 10.6 Å². The van der Waals surface area contributed by atoms with Gasteiger partial charge in [-0.05, 0) is 25.5 Å². The number of benzene rings is 2. The molecule has 0 N–H and O–H groups in total. The molecule has 0 aliphatic carbocycles. The maximum Gasteiger partial charge on any atom is 0.164 e. The van der Waals surface area contributed by atoms with E-state index < -0.39 is 5.79 Å². The lowest BCUT2D eigenvalue weighted by Gasteiger charge is -2.18. The number of hydrogen-bond donors (Lipinski definition) is 0. The van der Waals surface area contributed by atoms with Crippen molar-refractivity contribution in [2.45, 2.75) is 38.4 Å². The van der Waals surface area contributed by atoms with Crippen LogP contribution in [0.25, 0.3) is 0 Å². The van der Waals surface area contributed by atoms with Crippen LogP contribution in [0.15, 0.2) is 54.6 Å². The predicted molar refractivity (Wildman–Crippen MR) is 90.3 cm³/mol. The van der Waals surface area contributed by atoms with E-state index in [1.54, 1.807) is 0 Å². The second-order valence-corrected chi connectivity index (χ2v) is 6.52. The summed E-state index contributed by atoms with van der Waals surface area (Å²) >= 11 is 6.32. The highest BCUT2D eigenvalue weighted by atomic mass is 35.5. The summed E-state index contributed by atoms with van der Waals surface area (Å²) in [5, 5.41) is 0.687. The van der Waals surface area contributed by atoms with E-state index in [0.29, 0.717) is 18.2 Å². The lowest BCUT2D eigenvalue weighted by molar-refractivity contribution is -0.151. The molecule has 3 nitrogen and oxygen atoms in total. The molecule has 122 valence electrons. The Hall–Kier alpha value is -1.39. The predicted octanol–water partition coefficient (Wildman–Crippen LogP) is 4.75. The smallest absolute Gasteiger partial charge is 0.164 e. The van der Waals surface area contributed by atoms with Gasteiger partial charge in [-0.2, -0.15) is 0 Å². The van der Waals surface area contributed by atoms with Crippen molar-refractivity contribution < 1.29 is 14.2 Å². The molecule has 1 heterocycles. The average molecular weight is 333 g/mol. The standard InChI is InChI=1S/C19H21ClO3/c1-19(2)22-17(13-21-12-14-8-4-3-5-9-14)18(23-19)15-10-6-7-11-16(15)20/h3-11,17-18H,12-13H2,1-2H3/t17-,18+/m1/s1. The van der Waals surface area contributed by atoms with Crippen molar-refractivity contribution in [1.29, 1.82) is 0 Å². The first-order chi connectivity index (χ1) is 11.1. The Morgan fingerprint density at radius 1 is 1.00 bits per heavy atom. The molecule has 0 radical (unpaired) electrons. The molecule has 23 heavy (non-hydrogen) atoms. The SMILES string of the molecule is CC1(C)O[C@H](COCc2ccccc2)[C@H](c2ccccc2Cl)O1. The van der Waals surface area contributed by atoms with Gasteiger partial charge in [-0.1, -0.05) is 60.1 Å². The van der Waals surface area contributed by atoms with Crippen LogP contribution in [0, 0.1) is 0 Å². The first kappa shape index (κ1) is 16.5. The Kier molecular flexibility index (Phi) is 5.02. The lowest BCUT2D eigenvalue weighted by atomic mass is 10.1. The minimum atomic E-state index is -0.648. The first-order valence-corrected chi connectivity index (χ1v) is 8.15. The fourth-order valence-electron chi connectivity index (χ4n) is 2.79. The zero-order chi connectivity index (χ0) is 16.3. The van der Waals surface area contributed by atoms with Gasteiger partial charge in [0.1, 0.15) is 12.2 Å². The van der Waals surface area contributed by atoms with Crippen LogP contribution >= 0.6 is 11.6 Å². The highest BCUT2D eigenvalue weighted by molar-refractivity contribution is 6.31. The van der Waals surface area contributed by atoms with Gasteiger partial charge in [0.25, 0.3) is 0 Å². The summed E-state index contributed by atoms with van der Waals surface area (Å²) in [5.41, 5.74) is 2.08. The third-order valence-electron chi connectivity index (χ3n) is 3.79. The van der Waals surface area contributed by atoms with Crippen molar-refractivity contribution in [2.75, 3.05) is 6.61 Å². The zero-order valence-corrected chi connectivity index (χ0v) is 14.1. The van der Waals surface area contributed by atoms with E-state index in [1.807, 2.05) is 68.4 Å². The van der Waals surface area contributed by atoms with Gasteiger partial charge >= 0.3 is 0 Å². The average Bonchev–Trinajstić information content (AvgIpc) is 2.84. The molecule has 4 heteroatoms. The molecular formula is C19H21ClO3. The summed E-state index contributed by atoms with van der Waals surface area (Å²) in [4.78, 5) is 0. The minimum absolute atomic E-state index is 0.186. The molecule has 2 aromatic rings. The molecule has 0 unspecified atom stereocenters. The van der Waals surface area contributed by atoms with Gasteiger partial charge < -0.3 is 14.2 Å². The third kappa shape index (κ3) is 4.12. The maximum absolute atomic E-state index is 6.32. The molecule has 0 saturated carbocycles. The molecular weight excluding hydrogens is 312 g/mol. The molecule has 2 atom stereocenters. The summed E-state index contributed by atoms with van der Waals surface area (Å²) in [6, 6.07) is 17.8. The largest absolute Gasteiger partial charge is 0.374 e. The molecule has 0 amide bonds. The number of hydrogen-bond acceptors (Lipinski definition) is 3. The van der Waals surface area contributed by atoms with Gasteiger partial charge in [-0.25, -0.2) is 0 Å². The highest BCUT2D eigenvalue weighted by Crippen LogP contribution is 2.40. The van der Waals surface area contributed by atoms with E-state index in [1.165, 1.54) is 0 Å². The normalized spacial score (nSPS) is 23.1. The van der Waals surface area contributed by atoms with Crippen molar-refractivity contribution in [3.05, 3.63) is 70.7 Å². The Morgan fingerprint density at radius 2 is 1.70 bits per heavy atom. The minimum Gasteiger partial charge on any atom is -0.374 e. The van der Waals surface area contributed by atoms with Crippen LogP contribution in [0.4, 0.5) is 0 Å². The quantitative estimate of drug-likeness (QED) is 0.790. The van der Waals surface area contributed by atoms with Crippen LogP contribution in [0.3, 0.4) is 0 Å². The number of halogens is 1. The summed E-state index contributed by atoms with van der Waals surface area (Å²) in [6.45, 7) is 4.83. The zero-order valence-electron chi connectivity index (χ0n) is 13.4. The molecule has 0 bridgehead atoms. The van der Waals surface area contributed by atoms with Crippen molar-refractivity contribution in [3.63, 3.8) is 0 Å². The van der Waals surface area contributed by atoms with Gasteiger partial charge in [0.05, 0.1) is 13.2 Å². The van der Waals surface area contributed by atoms with Gasteiger partial charge in [0.2, 0.25) is 0 Å². The molecule has 2 aromatic carbocycles. The molecule has 0 aromatic heterocycles. The van der Waals surface area contributed by atoms with Crippen LogP contribution in [0.2, 0.25) is 5.02 Å². The van der Waals surface area contributed by atoms with Crippen molar-refractivity contribution in [1.82, 2.24) is 0 Å². The Balaban J connectivity index is 1.67. The second-order valence-electron chi connectivity index (χ2n) is 6.12. The number of ether oxygens (including phenoxy) is 3. The maximum atomic E-state index is 6.32. The Labute approximate surface area is 142 Å². The van der Waals surface area contributed by atoms with Crippen LogP contribution < -0.4 is 0 Å². The van der Waals surface area contributed by atoms with E-state index in [9.17, 15) is 0 Å². The molecule has 1 aliphatic heterocycles. The van der Waals surface area contributed by atoms with Gasteiger partial charge in [0.15, 0.2) is 5.79 Å². The van der Waals surface area contributed by atoms with E-state index >= 15 is 0 Å². The first-order valence-electron chi connectivity index (χ1n) is 7.77. The van der Waals surface area contributed by atoms with Crippen molar-refractivity contribution >= 4 is 11.6 Å². The molecule has 1 aliphatic rings. The molecule has 0 spiro atoms. The molecule has 1 saturated heterocycles. The van der Waals surface area contributed by atoms with Gasteiger partial charge in [-0.3, -0.25) is 0 Å². The fraction of sp³-hybridized carbons (Fsp3) is 0.368. The lowest BCUT2D eigenvalue weighted by Crippen LogP contribution is -2.24. The van der Waals surface area contributed by atoms with E-state index in [0.717, 1.165) is 11.1 Å². The highest BCUT2D eigenvalue weighted by Gasteiger charge is 2.42. The summed E-state index contributed by atoms with van der Waals surface area (Å²) < 4.78 is 17.9. The van der Waals surface area contributed by atoms with Crippen molar-refractivity contribution in [2.24, 2.45) is 0 Å². The Morgan fingerprint density at radius 3 is 2.43 bits per heavy atom. The third-order valence-corrected chi connectivity index (χ3v) is 4.13. The summed E-state index contributed by atoms with van der Waals surface area (Å²) in [7, 11) is 0. The molecule has 1 fully saturated rings. The topological polar surface area (TPSA) is 27.7 Å². The van der Waals surface area contributed by atoms with E-state index in [-0.39, 0.29) is 12.2 Å². The van der Waals surface area contributed by atoms with Crippen LogP contribution in [0.1, 0.15) is 31.1 Å². The van der Waals surface area contributed by atoms with Gasteiger partial charge in [-0.15, -0.1) is 0 Å². The monoisotopic (exact) mass is 332 g/mol.